The van der Waals surface area contributed by atoms with E-state index in [9.17, 15) is 54.1 Å². The molecule has 11 N–H and O–H groups in total. The summed E-state index contributed by atoms with van der Waals surface area (Å²) in [4.78, 5) is 151. The summed E-state index contributed by atoms with van der Waals surface area (Å²) in [6, 6.07) is -7.31. The first kappa shape index (κ1) is 47.8. The molecule has 8 atom stereocenters. The number of hydrogen-bond acceptors (Lipinski definition) is 13. The molecule has 0 bridgehead atoms. The maximum Gasteiger partial charge on any atom is 0.246 e. The number of benzene rings is 1. The molecule has 23 heteroatoms. The van der Waals surface area contributed by atoms with Crippen LogP contribution in [-0.2, 0) is 59.2 Å². The third-order valence-electron chi connectivity index (χ3n) is 11.0. The fourth-order valence-corrected chi connectivity index (χ4v) is 8.17. The predicted molar refractivity (Wildman–Crippen MR) is 254 cm³/mol. The monoisotopic (exact) mass is 993 g/mol. The summed E-state index contributed by atoms with van der Waals surface area (Å²) < 4.78 is 58.2. The van der Waals surface area contributed by atoms with Gasteiger partial charge < -0.3 is 58.3 Å². The quantitative estimate of drug-likeness (QED) is 0.0819. The lowest BCUT2D eigenvalue weighted by Gasteiger charge is -2.31. The van der Waals surface area contributed by atoms with E-state index >= 15 is 0 Å². The molecule has 0 aliphatic carbocycles. The SMILES string of the molecule is [2H]N1C(=O)C(CCC(N)=O)NC(=O)C(C(C)CC)NC(=O)C(Cc2ccc(OC)cc2)NC(=O)CCCSCC(C(=O)N2CCCC2C(=O)NC(C(=O)NCC(N)=O)C([2H])([2H])C(C)C)NC(=O)C1([2H])C([2H])([2H])C(C)=O. The number of amides is 10. The molecule has 8 unspecified atom stereocenters. The van der Waals surface area contributed by atoms with Gasteiger partial charge in [0.15, 0.2) is 1.41 Å². The van der Waals surface area contributed by atoms with Crippen molar-refractivity contribution in [1.29, 1.82) is 0 Å². The highest BCUT2D eigenvalue weighted by Crippen LogP contribution is 2.22. The van der Waals surface area contributed by atoms with Gasteiger partial charge in [0.05, 0.1) is 15.0 Å². The Bertz CT molecular complexity index is 2300. The molecule has 2 heterocycles. The Morgan fingerprint density at radius 1 is 0.928 bits per heavy atom. The van der Waals surface area contributed by atoms with Crippen molar-refractivity contribution in [3.8, 4) is 5.75 Å². The molecule has 1 aromatic rings. The summed E-state index contributed by atoms with van der Waals surface area (Å²) in [6.07, 6.45) is -7.37. The predicted octanol–water partition coefficient (Wildman–Crippen LogP) is -1.40. The van der Waals surface area contributed by atoms with Crippen molar-refractivity contribution < 1.29 is 65.7 Å². The van der Waals surface area contributed by atoms with Crippen LogP contribution in [-0.4, -0.2) is 144 Å². The second-order valence-corrected chi connectivity index (χ2v) is 18.1. The maximum absolute atomic E-state index is 14.7. The summed E-state index contributed by atoms with van der Waals surface area (Å²) >= 11 is 0.964. The van der Waals surface area contributed by atoms with Crippen LogP contribution in [0.1, 0.15) is 105 Å². The van der Waals surface area contributed by atoms with E-state index in [4.69, 9.17) is 23.1 Å². The van der Waals surface area contributed by atoms with Crippen molar-refractivity contribution in [3.63, 3.8) is 0 Å². The first-order valence-corrected chi connectivity index (χ1v) is 23.8. The number of nitrogens with one attached hydrogen (secondary N) is 7. The number of carbonyl (C=O) groups excluding carboxylic acids is 11. The van der Waals surface area contributed by atoms with E-state index in [2.05, 4.69) is 31.9 Å². The topological polar surface area (TPSA) is 336 Å². The lowest BCUT2D eigenvalue weighted by molar-refractivity contribution is -0.142. The molecule has 69 heavy (non-hydrogen) atoms. The summed E-state index contributed by atoms with van der Waals surface area (Å²) in [5.74, 6) is -14.2. The van der Waals surface area contributed by atoms with Crippen molar-refractivity contribution in [1.82, 2.24) is 42.1 Å². The number of hydrogen-bond donors (Lipinski definition) is 9. The maximum atomic E-state index is 14.7. The normalized spacial score (nSPS) is 26.1. The Labute approximate surface area is 415 Å². The molecule has 0 aromatic heterocycles. The van der Waals surface area contributed by atoms with Crippen LogP contribution < -0.4 is 53.4 Å². The smallest absolute Gasteiger partial charge is 0.246 e. The average molecular weight is 993 g/mol. The first-order valence-electron chi connectivity index (χ1n) is 25.6. The molecule has 2 aliphatic rings. The van der Waals surface area contributed by atoms with Gasteiger partial charge in [-0.05, 0) is 74.3 Å². The molecule has 0 saturated carbocycles. The number of ether oxygens (including phenoxy) is 1. The van der Waals surface area contributed by atoms with Crippen molar-refractivity contribution >= 4 is 76.6 Å². The molecule has 10 amide bonds. The molecule has 22 nitrogen and oxygen atoms in total. The van der Waals surface area contributed by atoms with E-state index in [0.29, 0.717) is 18.2 Å². The Morgan fingerprint density at radius 2 is 1.62 bits per heavy atom. The molecule has 1 aromatic carbocycles. The van der Waals surface area contributed by atoms with Crippen LogP contribution in [0.3, 0.4) is 0 Å². The zero-order chi connectivity index (χ0) is 56.7. The molecular weight excluding hydrogens is 917 g/mol. The van der Waals surface area contributed by atoms with Crippen LogP contribution in [0, 0.1) is 11.8 Å². The van der Waals surface area contributed by atoms with E-state index in [0.717, 1.165) is 16.7 Å². The van der Waals surface area contributed by atoms with E-state index < -0.39 is 162 Å². The first-order chi connectivity index (χ1) is 34.9. The number of Topliss-reactive ketones (excluding diaryl/α,β-unsaturated/α-hetero) is 1. The lowest BCUT2D eigenvalue weighted by atomic mass is 9.96. The summed E-state index contributed by atoms with van der Waals surface area (Å²) in [5, 5.41) is 13.9. The Balaban J connectivity index is 2.19. The van der Waals surface area contributed by atoms with E-state index in [1.165, 1.54) is 21.0 Å². The van der Waals surface area contributed by atoms with Gasteiger partial charge in [0.2, 0.25) is 59.1 Å². The summed E-state index contributed by atoms with van der Waals surface area (Å²) in [7, 11) is 1.46. The van der Waals surface area contributed by atoms with Gasteiger partial charge in [0.1, 0.15) is 53.8 Å². The minimum atomic E-state index is -3.91. The molecule has 0 radical (unpaired) electrons. The number of likely N-dealkylation sites (tertiary alicyclic amines) is 1. The minimum absolute atomic E-state index is 0.0567. The second kappa shape index (κ2) is 28.3. The van der Waals surface area contributed by atoms with Crippen molar-refractivity contribution in [3.05, 3.63) is 29.8 Å². The van der Waals surface area contributed by atoms with E-state index in [1.54, 1.807) is 38.1 Å². The molecule has 2 saturated heterocycles. The van der Waals surface area contributed by atoms with Gasteiger partial charge in [-0.25, -0.2) is 0 Å². The van der Waals surface area contributed by atoms with Crippen molar-refractivity contribution in [2.45, 2.75) is 141 Å². The largest absolute Gasteiger partial charge is 0.497 e. The number of methoxy groups -OCH3 is 1. The zero-order valence-electron chi connectivity index (χ0n) is 45.8. The van der Waals surface area contributed by atoms with Crippen LogP contribution in [0.25, 0.3) is 0 Å². The third kappa shape index (κ3) is 19.0. The van der Waals surface area contributed by atoms with Gasteiger partial charge in [0.25, 0.3) is 0 Å². The highest BCUT2D eigenvalue weighted by atomic mass is 32.2. The van der Waals surface area contributed by atoms with Gasteiger partial charge in [-0.2, -0.15) is 11.8 Å². The van der Waals surface area contributed by atoms with Crippen LogP contribution in [0.4, 0.5) is 0 Å². The van der Waals surface area contributed by atoms with Crippen LogP contribution in [0.2, 0.25) is 1.41 Å². The van der Waals surface area contributed by atoms with Crippen LogP contribution in [0.5, 0.6) is 5.75 Å². The average Bonchev–Trinajstić information content (AvgIpc) is 3.85. The number of primary amides is 2. The molecule has 2 fully saturated rings. The minimum Gasteiger partial charge on any atom is -0.497 e. The standard InChI is InChI=1S/C46H70N10O12S/c1-7-26(4)39-45(66)51-30(16-17-36(47)58)41(62)52-32(21-27(5)57)42(63)54-34(24-69-19-9-11-38(60)50-33(43(64)55-39)22-28-12-14-29(68-6)15-13-28)46(67)56-18-8-10-35(56)44(65)53-31(20-25(2)3)40(61)49-23-37(48)59/h12-15,25-26,30-35,39H,7-11,16-24H2,1-6H3,(H2,47,58)(H2,48,59)(H,49,61)(H,50,60)(H,51,66)(H,52,62)(H,53,65)(H,54,63)(H,55,64)/i20D2,21D2,32D/hD. The molecule has 382 valence electrons. The van der Waals surface area contributed by atoms with E-state index in [-0.39, 0.29) is 50.8 Å². The highest BCUT2D eigenvalue weighted by Gasteiger charge is 2.40. The molecular formula is C46H70N10O12S. The second-order valence-electron chi connectivity index (χ2n) is 16.9. The van der Waals surface area contributed by atoms with Gasteiger partial charge in [0, 0.05) is 43.4 Å². The number of ketones is 1. The number of rotatable bonds is 18. The highest BCUT2D eigenvalue weighted by molar-refractivity contribution is 7.99. The lowest BCUT2D eigenvalue weighted by Crippen LogP contribution is -2.61. The van der Waals surface area contributed by atoms with E-state index in [1.807, 2.05) is 0 Å². The Kier molecular flexibility index (Phi) is 19.6. The number of nitrogens with two attached hydrogens (primary N) is 2. The molecule has 0 spiro atoms. The number of carbonyl (C=O) groups is 11. The van der Waals surface area contributed by atoms with Crippen LogP contribution in [0.15, 0.2) is 24.3 Å². The number of nitrogens with zero attached hydrogens (tertiary/aromatic N) is 1. The van der Waals surface area contributed by atoms with Gasteiger partial charge in [-0.1, -0.05) is 46.2 Å². The van der Waals surface area contributed by atoms with Gasteiger partial charge in [-0.3, -0.25) is 52.7 Å². The third-order valence-corrected chi connectivity index (χ3v) is 12.1. The summed E-state index contributed by atoms with van der Waals surface area (Å²) in [6.45, 7) is 5.92. The summed E-state index contributed by atoms with van der Waals surface area (Å²) in [5.41, 5.74) is 11.1. The van der Waals surface area contributed by atoms with Gasteiger partial charge in [-0.15, -0.1) is 0 Å². The van der Waals surface area contributed by atoms with Gasteiger partial charge >= 0.3 is 0 Å². The zero-order valence-corrected chi connectivity index (χ0v) is 40.6. The van der Waals surface area contributed by atoms with Crippen molar-refractivity contribution in [2.75, 3.05) is 31.7 Å². The van der Waals surface area contributed by atoms with Crippen LogP contribution >= 0.6 is 11.8 Å². The number of thioether (sulfide) groups is 1. The molecule has 3 rings (SSSR count). The Morgan fingerprint density at radius 3 is 2.23 bits per heavy atom. The fraction of sp³-hybridized carbons (Fsp3) is 0.630. The fourth-order valence-electron chi connectivity index (χ4n) is 7.20. The Hall–Kier alpha value is -6.26. The molecule has 2 aliphatic heterocycles. The van der Waals surface area contributed by atoms with Crippen molar-refractivity contribution in [2.24, 2.45) is 23.3 Å².